The van der Waals surface area contributed by atoms with E-state index in [1.54, 1.807) is 12.1 Å². The standard InChI is InChI=1S/C28H44F6O14/c1-20-2-4-25(5-3-20)46-17-24(39)15-44-13-22(37)11-41-8-9-42-18-26(29,30)47-28(33,34)48-27(31,32)19-45-16-23(38)14-43-12-21(36)10-40-7-6-35/h2-5,21-24,35-39H,6-19H2,1H3. The number of halogens is 6. The summed E-state index contributed by atoms with van der Waals surface area (Å²) in [6, 6.07) is 7.14. The SMILES string of the molecule is Cc1ccc(OCC(O)COCC(O)COCCOCC(F)(F)OC(F)(F)OC(F)(F)COCC(O)COCC(O)COCCO)cc1. The summed E-state index contributed by atoms with van der Waals surface area (Å²) in [6.45, 7) is -5.68. The summed E-state index contributed by atoms with van der Waals surface area (Å²) in [7, 11) is 0. The number of ether oxygens (including phenoxy) is 9. The Balaban J connectivity index is 2.17. The van der Waals surface area contributed by atoms with Crippen LogP contribution in [0.15, 0.2) is 24.3 Å². The van der Waals surface area contributed by atoms with Crippen LogP contribution in [0.2, 0.25) is 0 Å². The second kappa shape index (κ2) is 23.5. The lowest BCUT2D eigenvalue weighted by Gasteiger charge is -2.26. The summed E-state index contributed by atoms with van der Waals surface area (Å²) in [6.07, 6.45) is -19.9. The zero-order valence-corrected chi connectivity index (χ0v) is 26.2. The summed E-state index contributed by atoms with van der Waals surface area (Å²) >= 11 is 0. The number of aryl methyl sites for hydroxylation is 1. The molecule has 14 nitrogen and oxygen atoms in total. The van der Waals surface area contributed by atoms with E-state index < -0.39 is 76.0 Å². The highest BCUT2D eigenvalue weighted by molar-refractivity contribution is 5.26. The largest absolute Gasteiger partial charge is 0.495 e. The lowest BCUT2D eigenvalue weighted by molar-refractivity contribution is -0.518. The first-order valence-electron chi connectivity index (χ1n) is 14.6. The molecular weight excluding hydrogens is 674 g/mol. The van der Waals surface area contributed by atoms with E-state index in [-0.39, 0.29) is 59.5 Å². The molecule has 0 aliphatic carbocycles. The Morgan fingerprint density at radius 3 is 1.44 bits per heavy atom. The van der Waals surface area contributed by atoms with Gasteiger partial charge in [0.05, 0.1) is 72.7 Å². The third-order valence-electron chi connectivity index (χ3n) is 5.32. The predicted molar refractivity (Wildman–Crippen MR) is 150 cm³/mol. The van der Waals surface area contributed by atoms with Gasteiger partial charge in [-0.2, -0.15) is 17.6 Å². The van der Waals surface area contributed by atoms with Gasteiger partial charge in [-0.15, -0.1) is 8.78 Å². The van der Waals surface area contributed by atoms with Gasteiger partial charge in [-0.3, -0.25) is 0 Å². The van der Waals surface area contributed by atoms with Crippen molar-refractivity contribution in [3.8, 4) is 5.75 Å². The van der Waals surface area contributed by atoms with E-state index in [1.807, 2.05) is 19.1 Å². The van der Waals surface area contributed by atoms with Crippen molar-refractivity contribution in [2.75, 3.05) is 92.5 Å². The highest BCUT2D eigenvalue weighted by Crippen LogP contribution is 2.33. The molecule has 0 heterocycles. The number of benzene rings is 1. The van der Waals surface area contributed by atoms with E-state index in [4.69, 9.17) is 28.8 Å². The zero-order valence-electron chi connectivity index (χ0n) is 26.2. The first-order valence-corrected chi connectivity index (χ1v) is 14.6. The van der Waals surface area contributed by atoms with Gasteiger partial charge in [0.1, 0.15) is 50.0 Å². The molecular formula is C28H44F6O14. The maximum absolute atomic E-state index is 13.7. The topological polar surface area (TPSA) is 184 Å². The molecule has 0 saturated carbocycles. The maximum Gasteiger partial charge on any atom is 0.495 e. The molecule has 282 valence electrons. The molecule has 4 unspecified atom stereocenters. The molecule has 1 rings (SSSR count). The molecule has 20 heteroatoms. The minimum atomic E-state index is -5.49. The lowest BCUT2D eigenvalue weighted by Crippen LogP contribution is -2.44. The number of rotatable bonds is 30. The van der Waals surface area contributed by atoms with E-state index in [0.717, 1.165) is 5.56 Å². The first-order chi connectivity index (χ1) is 22.5. The highest BCUT2D eigenvalue weighted by Gasteiger charge is 2.52. The lowest BCUT2D eigenvalue weighted by atomic mass is 10.2. The number of hydrogen-bond acceptors (Lipinski definition) is 14. The molecule has 0 aliphatic rings. The van der Waals surface area contributed by atoms with Crippen LogP contribution in [0.25, 0.3) is 0 Å². The van der Waals surface area contributed by atoms with Gasteiger partial charge in [0.2, 0.25) is 0 Å². The molecule has 0 radical (unpaired) electrons. The fraction of sp³-hybridized carbons (Fsp3) is 0.786. The van der Waals surface area contributed by atoms with Crippen LogP contribution in [0.4, 0.5) is 26.3 Å². The van der Waals surface area contributed by atoms with Crippen LogP contribution in [0.1, 0.15) is 5.56 Å². The van der Waals surface area contributed by atoms with Crippen molar-refractivity contribution in [2.24, 2.45) is 0 Å². The number of hydrogen-bond donors (Lipinski definition) is 5. The Labute approximate surface area is 272 Å². The molecule has 1 aromatic carbocycles. The molecule has 0 aliphatic heterocycles. The second-order valence-corrected chi connectivity index (χ2v) is 10.2. The van der Waals surface area contributed by atoms with Crippen LogP contribution in [0.3, 0.4) is 0 Å². The minimum Gasteiger partial charge on any atom is -0.491 e. The fourth-order valence-electron chi connectivity index (χ4n) is 3.25. The van der Waals surface area contributed by atoms with Crippen molar-refractivity contribution >= 4 is 0 Å². The molecule has 4 atom stereocenters. The minimum absolute atomic E-state index is 0.0266. The summed E-state index contributed by atoms with van der Waals surface area (Å²) in [4.78, 5) is 0. The van der Waals surface area contributed by atoms with E-state index in [9.17, 15) is 46.8 Å². The third kappa shape index (κ3) is 23.4. The van der Waals surface area contributed by atoms with Gasteiger partial charge < -0.3 is 58.7 Å². The second-order valence-electron chi connectivity index (χ2n) is 10.2. The predicted octanol–water partition coefficient (Wildman–Crippen LogP) is 0.678. The Hall–Kier alpha value is -1.92. The number of aliphatic hydroxyl groups excluding tert-OH is 5. The van der Waals surface area contributed by atoms with Crippen LogP contribution < -0.4 is 4.74 Å². The monoisotopic (exact) mass is 718 g/mol. The molecule has 0 amide bonds. The molecule has 0 aromatic heterocycles. The van der Waals surface area contributed by atoms with Crippen molar-refractivity contribution in [1.29, 1.82) is 0 Å². The Morgan fingerprint density at radius 1 is 0.542 bits per heavy atom. The smallest absolute Gasteiger partial charge is 0.491 e. The molecule has 0 fully saturated rings. The molecule has 48 heavy (non-hydrogen) atoms. The van der Waals surface area contributed by atoms with E-state index in [1.165, 1.54) is 0 Å². The van der Waals surface area contributed by atoms with Crippen molar-refractivity contribution < 1.29 is 94.5 Å². The third-order valence-corrected chi connectivity index (χ3v) is 5.32. The van der Waals surface area contributed by atoms with Crippen molar-refractivity contribution in [1.82, 2.24) is 0 Å². The normalized spacial score (nSPS) is 15.3. The van der Waals surface area contributed by atoms with Crippen LogP contribution in [-0.4, -0.2) is 161 Å². The summed E-state index contributed by atoms with van der Waals surface area (Å²) in [5.41, 5.74) is 1.04. The summed E-state index contributed by atoms with van der Waals surface area (Å²) in [5.74, 6) is 0.555. The van der Waals surface area contributed by atoms with Crippen LogP contribution in [0, 0.1) is 6.92 Å². The first kappa shape index (κ1) is 44.1. The highest BCUT2D eigenvalue weighted by atomic mass is 19.3. The van der Waals surface area contributed by atoms with Crippen LogP contribution in [-0.2, 0) is 37.9 Å². The van der Waals surface area contributed by atoms with Gasteiger partial charge in [-0.25, -0.2) is 9.47 Å². The summed E-state index contributed by atoms with van der Waals surface area (Å²) < 4.78 is 122. The Kier molecular flexibility index (Phi) is 21.6. The molecule has 0 saturated heterocycles. The summed E-state index contributed by atoms with van der Waals surface area (Å²) in [5, 5.41) is 47.4. The van der Waals surface area contributed by atoms with E-state index in [2.05, 4.69) is 18.9 Å². The van der Waals surface area contributed by atoms with Gasteiger partial charge in [0.15, 0.2) is 0 Å². The van der Waals surface area contributed by atoms with Crippen molar-refractivity contribution in [3.63, 3.8) is 0 Å². The quantitative estimate of drug-likeness (QED) is 0.0425. The van der Waals surface area contributed by atoms with Gasteiger partial charge in [-0.1, -0.05) is 17.7 Å². The van der Waals surface area contributed by atoms with Gasteiger partial charge in [0.25, 0.3) is 0 Å². The van der Waals surface area contributed by atoms with Gasteiger partial charge in [-0.05, 0) is 19.1 Å². The molecule has 5 N–H and O–H groups in total. The molecule has 0 bridgehead atoms. The van der Waals surface area contributed by atoms with Crippen molar-refractivity contribution in [2.45, 2.75) is 49.9 Å². The molecule has 0 spiro atoms. The number of alkyl halides is 6. The average molecular weight is 719 g/mol. The van der Waals surface area contributed by atoms with E-state index >= 15 is 0 Å². The van der Waals surface area contributed by atoms with Crippen LogP contribution in [0.5, 0.6) is 5.75 Å². The fourth-order valence-corrected chi connectivity index (χ4v) is 3.25. The maximum atomic E-state index is 13.7. The van der Waals surface area contributed by atoms with Crippen molar-refractivity contribution in [3.05, 3.63) is 29.8 Å². The Bertz CT molecular complexity index is 950. The van der Waals surface area contributed by atoms with E-state index in [0.29, 0.717) is 5.75 Å². The number of aliphatic hydroxyl groups is 5. The zero-order chi connectivity index (χ0) is 36.1. The van der Waals surface area contributed by atoms with Gasteiger partial charge in [0, 0.05) is 0 Å². The van der Waals surface area contributed by atoms with Crippen LogP contribution >= 0.6 is 0 Å². The molecule has 1 aromatic rings. The Morgan fingerprint density at radius 2 is 0.938 bits per heavy atom. The average Bonchev–Trinajstić information content (AvgIpc) is 2.97. The van der Waals surface area contributed by atoms with Gasteiger partial charge >= 0.3 is 18.5 Å².